The number of aromatic nitrogens is 2. The van der Waals surface area contributed by atoms with Gasteiger partial charge in [0.25, 0.3) is 0 Å². The maximum Gasteiger partial charge on any atom is 0.193 e. The van der Waals surface area contributed by atoms with Crippen LogP contribution in [-0.2, 0) is 6.54 Å². The molecule has 0 atom stereocenters. The summed E-state index contributed by atoms with van der Waals surface area (Å²) in [5.74, 6) is 1.19. The van der Waals surface area contributed by atoms with Crippen molar-refractivity contribution in [2.45, 2.75) is 26.5 Å². The Morgan fingerprint density at radius 2 is 2.12 bits per heavy atom. The third kappa shape index (κ3) is 4.84. The Hall–Kier alpha value is -1.81. The molecule has 0 aliphatic heterocycles. The zero-order valence-electron chi connectivity index (χ0n) is 13.5. The molecule has 0 fully saturated rings. The molecular formula is C16H20IN5OS. The molecule has 0 aliphatic carbocycles. The van der Waals surface area contributed by atoms with E-state index in [4.69, 9.17) is 10.5 Å². The minimum atomic E-state index is 0. The molecule has 128 valence electrons. The van der Waals surface area contributed by atoms with E-state index in [0.717, 1.165) is 22.1 Å². The first kappa shape index (κ1) is 18.5. The standard InChI is InChI=1S/C16H19N5OS.HI/c1-11(2)22-14-5-3-12(4-6-14)19-15(17)18-9-13-10-21-7-8-23-16(21)20-13;/h3-8,10-11H,9H2,1-2H3,(H3,17,18,19);1H. The van der Waals surface area contributed by atoms with Gasteiger partial charge in [0.05, 0.1) is 18.3 Å². The van der Waals surface area contributed by atoms with Gasteiger partial charge in [0.2, 0.25) is 0 Å². The molecule has 0 spiro atoms. The van der Waals surface area contributed by atoms with Crippen LogP contribution in [0, 0.1) is 0 Å². The Balaban J connectivity index is 0.00000208. The van der Waals surface area contributed by atoms with Crippen LogP contribution in [0.25, 0.3) is 4.96 Å². The summed E-state index contributed by atoms with van der Waals surface area (Å²) in [5.41, 5.74) is 7.68. The fourth-order valence-corrected chi connectivity index (χ4v) is 2.81. The molecule has 3 N–H and O–H groups in total. The van der Waals surface area contributed by atoms with Gasteiger partial charge in [-0.05, 0) is 38.1 Å². The average Bonchev–Trinajstić information content (AvgIpc) is 3.08. The lowest BCUT2D eigenvalue weighted by atomic mass is 10.3. The highest BCUT2D eigenvalue weighted by Crippen LogP contribution is 2.17. The van der Waals surface area contributed by atoms with Gasteiger partial charge in [-0.2, -0.15) is 0 Å². The topological polar surface area (TPSA) is 76.9 Å². The summed E-state index contributed by atoms with van der Waals surface area (Å²) in [5, 5.41) is 5.06. The van der Waals surface area contributed by atoms with Gasteiger partial charge in [-0.3, -0.25) is 4.40 Å². The average molecular weight is 457 g/mol. The fourth-order valence-electron chi connectivity index (χ4n) is 2.09. The number of thiazole rings is 1. The van der Waals surface area contributed by atoms with Crippen LogP contribution in [0.5, 0.6) is 5.75 Å². The number of anilines is 1. The van der Waals surface area contributed by atoms with Crippen molar-refractivity contribution in [3.05, 3.63) is 47.7 Å². The van der Waals surface area contributed by atoms with Crippen LogP contribution in [-0.4, -0.2) is 21.4 Å². The number of nitrogens with one attached hydrogen (secondary N) is 1. The number of hydrogen-bond acceptors (Lipinski definition) is 4. The van der Waals surface area contributed by atoms with Crippen molar-refractivity contribution in [2.75, 3.05) is 5.32 Å². The number of nitrogens with zero attached hydrogens (tertiary/aromatic N) is 3. The van der Waals surface area contributed by atoms with E-state index in [-0.39, 0.29) is 30.1 Å². The molecule has 6 nitrogen and oxygen atoms in total. The highest BCUT2D eigenvalue weighted by atomic mass is 127. The molecule has 0 aliphatic rings. The smallest absolute Gasteiger partial charge is 0.193 e. The lowest BCUT2D eigenvalue weighted by molar-refractivity contribution is 0.242. The quantitative estimate of drug-likeness (QED) is 0.348. The number of halogens is 1. The van der Waals surface area contributed by atoms with E-state index in [2.05, 4.69) is 15.3 Å². The van der Waals surface area contributed by atoms with E-state index in [9.17, 15) is 0 Å². The number of imidazole rings is 1. The Morgan fingerprint density at radius 3 is 2.79 bits per heavy atom. The second-order valence-electron chi connectivity index (χ2n) is 5.34. The van der Waals surface area contributed by atoms with Crippen LogP contribution >= 0.6 is 35.3 Å². The van der Waals surface area contributed by atoms with Crippen LogP contribution < -0.4 is 15.8 Å². The molecule has 2 aromatic heterocycles. The molecule has 0 radical (unpaired) electrons. The van der Waals surface area contributed by atoms with Crippen LogP contribution in [0.4, 0.5) is 5.69 Å². The molecule has 8 heteroatoms. The maximum absolute atomic E-state index is 5.92. The number of rotatable bonds is 5. The monoisotopic (exact) mass is 457 g/mol. The fraction of sp³-hybridized carbons (Fsp3) is 0.250. The molecule has 0 saturated carbocycles. The molecule has 0 amide bonds. The number of guanidine groups is 1. The first-order valence-electron chi connectivity index (χ1n) is 7.35. The van der Waals surface area contributed by atoms with Gasteiger partial charge >= 0.3 is 0 Å². The molecule has 3 rings (SSSR count). The molecule has 2 heterocycles. The molecular weight excluding hydrogens is 437 g/mol. The number of aliphatic imine (C=N–C) groups is 1. The van der Waals surface area contributed by atoms with Crippen LogP contribution in [0.2, 0.25) is 0 Å². The SMILES string of the molecule is CC(C)Oc1ccc(NC(N)=NCc2cn3ccsc3n2)cc1.I. The Labute approximate surface area is 161 Å². The number of fused-ring (bicyclic) bond motifs is 1. The summed E-state index contributed by atoms with van der Waals surface area (Å²) < 4.78 is 7.58. The highest BCUT2D eigenvalue weighted by molar-refractivity contribution is 14.0. The van der Waals surface area contributed by atoms with Gasteiger partial charge < -0.3 is 15.8 Å². The van der Waals surface area contributed by atoms with E-state index in [1.165, 1.54) is 0 Å². The summed E-state index contributed by atoms with van der Waals surface area (Å²) in [6.07, 6.45) is 4.09. The number of hydrogen-bond donors (Lipinski definition) is 2. The zero-order valence-corrected chi connectivity index (χ0v) is 16.6. The number of benzene rings is 1. The Bertz CT molecular complexity index is 781. The lowest BCUT2D eigenvalue weighted by Gasteiger charge is -2.10. The van der Waals surface area contributed by atoms with E-state index in [1.54, 1.807) is 11.3 Å². The summed E-state index contributed by atoms with van der Waals surface area (Å²) >= 11 is 1.60. The second kappa shape index (κ2) is 8.34. The van der Waals surface area contributed by atoms with Crippen molar-refractivity contribution in [1.82, 2.24) is 9.38 Å². The highest BCUT2D eigenvalue weighted by Gasteiger charge is 2.02. The molecule has 24 heavy (non-hydrogen) atoms. The maximum atomic E-state index is 5.92. The third-order valence-corrected chi connectivity index (χ3v) is 3.82. The van der Waals surface area contributed by atoms with Crippen LogP contribution in [0.15, 0.2) is 47.0 Å². The lowest BCUT2D eigenvalue weighted by Crippen LogP contribution is -2.22. The predicted molar refractivity (Wildman–Crippen MR) is 110 cm³/mol. The normalized spacial score (nSPS) is 11.5. The number of nitrogens with two attached hydrogens (primary N) is 1. The Kier molecular flexibility index (Phi) is 6.44. The minimum Gasteiger partial charge on any atom is -0.491 e. The van der Waals surface area contributed by atoms with Crippen molar-refractivity contribution in [3.63, 3.8) is 0 Å². The van der Waals surface area contributed by atoms with Crippen LogP contribution in [0.1, 0.15) is 19.5 Å². The van der Waals surface area contributed by atoms with Crippen molar-refractivity contribution in [3.8, 4) is 5.75 Å². The first-order valence-corrected chi connectivity index (χ1v) is 8.23. The van der Waals surface area contributed by atoms with Gasteiger partial charge in [-0.1, -0.05) is 0 Å². The van der Waals surface area contributed by atoms with Crippen molar-refractivity contribution < 1.29 is 4.74 Å². The van der Waals surface area contributed by atoms with E-state index in [1.807, 2.05) is 60.3 Å². The van der Waals surface area contributed by atoms with E-state index >= 15 is 0 Å². The van der Waals surface area contributed by atoms with Crippen molar-refractivity contribution in [1.29, 1.82) is 0 Å². The summed E-state index contributed by atoms with van der Waals surface area (Å²) in [4.78, 5) is 9.74. The van der Waals surface area contributed by atoms with E-state index < -0.39 is 0 Å². The zero-order chi connectivity index (χ0) is 16.2. The van der Waals surface area contributed by atoms with Crippen molar-refractivity contribution >= 4 is 51.9 Å². The molecule has 3 aromatic rings. The van der Waals surface area contributed by atoms with Crippen LogP contribution in [0.3, 0.4) is 0 Å². The Morgan fingerprint density at radius 1 is 1.38 bits per heavy atom. The molecule has 0 bridgehead atoms. The summed E-state index contributed by atoms with van der Waals surface area (Å²) in [6.45, 7) is 4.44. The summed E-state index contributed by atoms with van der Waals surface area (Å²) in [6, 6.07) is 7.62. The first-order chi connectivity index (χ1) is 11.1. The van der Waals surface area contributed by atoms with E-state index in [0.29, 0.717) is 12.5 Å². The van der Waals surface area contributed by atoms with Gasteiger partial charge in [-0.25, -0.2) is 9.98 Å². The van der Waals surface area contributed by atoms with Gasteiger partial charge in [0.1, 0.15) is 5.75 Å². The molecule has 0 saturated heterocycles. The minimum absolute atomic E-state index is 0. The van der Waals surface area contributed by atoms with Gasteiger partial charge in [0, 0.05) is 23.5 Å². The largest absolute Gasteiger partial charge is 0.491 e. The van der Waals surface area contributed by atoms with Crippen molar-refractivity contribution in [2.24, 2.45) is 10.7 Å². The predicted octanol–water partition coefficient (Wildman–Crippen LogP) is 3.73. The van der Waals surface area contributed by atoms with Gasteiger partial charge in [-0.15, -0.1) is 35.3 Å². The molecule has 0 unspecified atom stereocenters. The third-order valence-electron chi connectivity index (χ3n) is 3.05. The summed E-state index contributed by atoms with van der Waals surface area (Å²) in [7, 11) is 0. The molecule has 1 aromatic carbocycles. The second-order valence-corrected chi connectivity index (χ2v) is 6.22. The van der Waals surface area contributed by atoms with Gasteiger partial charge in [0.15, 0.2) is 10.9 Å². The number of ether oxygens (including phenoxy) is 1.